The molecule has 4 heteroatoms. The molecule has 1 N–H and O–H groups in total. The van der Waals surface area contributed by atoms with Gasteiger partial charge in [-0.2, -0.15) is 5.26 Å². The molecule has 0 unspecified atom stereocenters. The van der Waals surface area contributed by atoms with Gasteiger partial charge in [0.1, 0.15) is 6.07 Å². The predicted molar refractivity (Wildman–Crippen MR) is 76.4 cm³/mol. The van der Waals surface area contributed by atoms with Gasteiger partial charge >= 0.3 is 0 Å². The van der Waals surface area contributed by atoms with Gasteiger partial charge in [0.2, 0.25) is 0 Å². The zero-order valence-corrected chi connectivity index (χ0v) is 11.0. The van der Waals surface area contributed by atoms with Crippen molar-refractivity contribution in [3.8, 4) is 6.07 Å². The van der Waals surface area contributed by atoms with E-state index in [1.54, 1.807) is 17.8 Å². The van der Waals surface area contributed by atoms with Crippen LogP contribution in [0.3, 0.4) is 0 Å². The van der Waals surface area contributed by atoms with Crippen LogP contribution in [0.4, 0.5) is 0 Å². The van der Waals surface area contributed by atoms with E-state index in [1.807, 2.05) is 54.6 Å². The number of nitriles is 1. The lowest BCUT2D eigenvalue weighted by Crippen LogP contribution is -2.01. The fourth-order valence-electron chi connectivity index (χ4n) is 1.69. The number of thioether (sulfide) groups is 1. The van der Waals surface area contributed by atoms with Crippen LogP contribution in [0.2, 0.25) is 0 Å². The van der Waals surface area contributed by atoms with Crippen LogP contribution >= 0.6 is 11.8 Å². The quantitative estimate of drug-likeness (QED) is 0.398. The van der Waals surface area contributed by atoms with Gasteiger partial charge in [-0.3, -0.25) is 0 Å². The third kappa shape index (κ3) is 3.36. The number of hydrogen-bond acceptors (Lipinski definition) is 4. The molecule has 0 bridgehead atoms. The Balaban J connectivity index is 2.20. The number of benzene rings is 2. The van der Waals surface area contributed by atoms with E-state index in [9.17, 15) is 0 Å². The molecule has 3 nitrogen and oxygen atoms in total. The average molecular weight is 268 g/mol. The van der Waals surface area contributed by atoms with Crippen LogP contribution < -0.4 is 0 Å². The van der Waals surface area contributed by atoms with Gasteiger partial charge in [-0.1, -0.05) is 47.6 Å². The molecular weight excluding hydrogens is 256 g/mol. The van der Waals surface area contributed by atoms with Crippen LogP contribution in [0, 0.1) is 11.3 Å². The molecule has 0 aliphatic rings. The number of nitrogens with zero attached hydrogens (tertiary/aromatic N) is 2. The first kappa shape index (κ1) is 13.2. The summed E-state index contributed by atoms with van der Waals surface area (Å²) in [5.41, 5.74) is 1.70. The van der Waals surface area contributed by atoms with E-state index in [0.717, 1.165) is 16.2 Å². The Bertz CT molecular complexity index is 618. The van der Waals surface area contributed by atoms with E-state index >= 15 is 0 Å². The molecule has 0 saturated heterocycles. The van der Waals surface area contributed by atoms with Crippen LogP contribution in [-0.4, -0.2) is 10.9 Å². The molecule has 19 heavy (non-hydrogen) atoms. The molecule has 2 aromatic carbocycles. The number of oxime groups is 1. The first-order chi connectivity index (χ1) is 9.35. The maximum atomic E-state index is 8.94. The topological polar surface area (TPSA) is 56.4 Å². The van der Waals surface area contributed by atoms with E-state index in [0.29, 0.717) is 5.56 Å². The van der Waals surface area contributed by atoms with E-state index in [1.165, 1.54) is 0 Å². The molecule has 0 saturated carbocycles. The molecule has 0 aliphatic carbocycles. The van der Waals surface area contributed by atoms with E-state index in [-0.39, 0.29) is 5.71 Å². The number of hydrogen-bond donors (Lipinski definition) is 1. The standard InChI is InChI=1S/C15H12N2OS/c16-10-15(17-18)14-9-5-4-6-12(14)11-19-13-7-2-1-3-8-13/h1-9,18H,11H2. The van der Waals surface area contributed by atoms with E-state index in [2.05, 4.69) is 5.16 Å². The molecule has 0 radical (unpaired) electrons. The monoisotopic (exact) mass is 268 g/mol. The zero-order valence-electron chi connectivity index (χ0n) is 10.2. The van der Waals surface area contributed by atoms with Crippen LogP contribution in [0.5, 0.6) is 0 Å². The van der Waals surface area contributed by atoms with Crippen molar-refractivity contribution in [2.45, 2.75) is 10.6 Å². The molecule has 0 aromatic heterocycles. The summed E-state index contributed by atoms with van der Waals surface area (Å²) in [7, 11) is 0. The smallest absolute Gasteiger partial charge is 0.187 e. The Kier molecular flexibility index (Phi) is 4.60. The number of rotatable bonds is 4. The van der Waals surface area contributed by atoms with Crippen molar-refractivity contribution >= 4 is 17.5 Å². The highest BCUT2D eigenvalue weighted by molar-refractivity contribution is 7.98. The molecule has 94 valence electrons. The Morgan fingerprint density at radius 2 is 1.79 bits per heavy atom. The predicted octanol–water partition coefficient (Wildman–Crippen LogP) is 3.68. The minimum absolute atomic E-state index is 0.0456. The van der Waals surface area contributed by atoms with Crippen LogP contribution in [0.1, 0.15) is 11.1 Å². The van der Waals surface area contributed by atoms with E-state index in [4.69, 9.17) is 10.5 Å². The fraction of sp³-hybridized carbons (Fsp3) is 0.0667. The first-order valence-electron chi connectivity index (χ1n) is 5.73. The van der Waals surface area contributed by atoms with E-state index < -0.39 is 0 Å². The summed E-state index contributed by atoms with van der Waals surface area (Å²) in [6.07, 6.45) is 0. The third-order valence-corrected chi connectivity index (χ3v) is 3.68. The van der Waals surface area contributed by atoms with Crippen molar-refractivity contribution in [3.05, 3.63) is 65.7 Å². The van der Waals surface area contributed by atoms with Crippen molar-refractivity contribution in [2.75, 3.05) is 0 Å². The second kappa shape index (κ2) is 6.62. The lowest BCUT2D eigenvalue weighted by Gasteiger charge is -2.06. The lowest BCUT2D eigenvalue weighted by atomic mass is 10.1. The Morgan fingerprint density at radius 1 is 1.11 bits per heavy atom. The van der Waals surface area contributed by atoms with Gasteiger partial charge in [0.15, 0.2) is 5.71 Å². The summed E-state index contributed by atoms with van der Waals surface area (Å²) in [6, 6.07) is 19.4. The molecule has 2 rings (SSSR count). The fourth-order valence-corrected chi connectivity index (χ4v) is 2.61. The van der Waals surface area contributed by atoms with Gasteiger partial charge in [-0.15, -0.1) is 11.8 Å². The minimum Gasteiger partial charge on any atom is -0.410 e. The molecule has 0 amide bonds. The van der Waals surface area contributed by atoms with Gasteiger partial charge in [0, 0.05) is 16.2 Å². The van der Waals surface area contributed by atoms with Gasteiger partial charge in [-0.05, 0) is 17.7 Å². The van der Waals surface area contributed by atoms with Crippen LogP contribution in [0.25, 0.3) is 0 Å². The summed E-state index contributed by atoms with van der Waals surface area (Å²) in [4.78, 5) is 1.16. The Labute approximate surface area is 116 Å². The third-order valence-electron chi connectivity index (χ3n) is 2.62. The normalized spacial score (nSPS) is 11.0. The minimum atomic E-state index is 0.0456. The second-order valence-electron chi connectivity index (χ2n) is 3.82. The summed E-state index contributed by atoms with van der Waals surface area (Å²) >= 11 is 1.68. The highest BCUT2D eigenvalue weighted by Crippen LogP contribution is 2.24. The molecule has 0 aliphatic heterocycles. The van der Waals surface area contributed by atoms with Crippen LogP contribution in [-0.2, 0) is 5.75 Å². The first-order valence-corrected chi connectivity index (χ1v) is 6.72. The van der Waals surface area contributed by atoms with Gasteiger partial charge in [0.25, 0.3) is 0 Å². The summed E-state index contributed by atoms with van der Waals surface area (Å²) < 4.78 is 0. The van der Waals surface area contributed by atoms with Crippen molar-refractivity contribution in [2.24, 2.45) is 5.16 Å². The molecule has 0 heterocycles. The molecule has 0 fully saturated rings. The lowest BCUT2D eigenvalue weighted by molar-refractivity contribution is 0.320. The Hall–Kier alpha value is -2.25. The SMILES string of the molecule is N#CC(=NO)c1ccccc1CSc1ccccc1. The zero-order chi connectivity index (χ0) is 13.5. The Morgan fingerprint density at radius 3 is 2.47 bits per heavy atom. The van der Waals surface area contributed by atoms with Crippen molar-refractivity contribution in [1.29, 1.82) is 5.26 Å². The summed E-state index contributed by atoms with van der Waals surface area (Å²) in [5, 5.41) is 20.8. The van der Waals surface area contributed by atoms with Gasteiger partial charge < -0.3 is 5.21 Å². The van der Waals surface area contributed by atoms with Gasteiger partial charge in [-0.25, -0.2) is 0 Å². The van der Waals surface area contributed by atoms with Crippen molar-refractivity contribution in [1.82, 2.24) is 0 Å². The molecule has 2 aromatic rings. The van der Waals surface area contributed by atoms with Gasteiger partial charge in [0.05, 0.1) is 0 Å². The maximum absolute atomic E-state index is 8.94. The highest BCUT2D eigenvalue weighted by Gasteiger charge is 2.09. The van der Waals surface area contributed by atoms with Crippen molar-refractivity contribution in [3.63, 3.8) is 0 Å². The summed E-state index contributed by atoms with van der Waals surface area (Å²) in [5.74, 6) is 0.723. The maximum Gasteiger partial charge on any atom is 0.187 e. The average Bonchev–Trinajstić information content (AvgIpc) is 2.48. The molecular formula is C15H12N2OS. The summed E-state index contributed by atoms with van der Waals surface area (Å²) in [6.45, 7) is 0. The molecule has 0 spiro atoms. The highest BCUT2D eigenvalue weighted by atomic mass is 32.2. The van der Waals surface area contributed by atoms with Crippen molar-refractivity contribution < 1.29 is 5.21 Å². The second-order valence-corrected chi connectivity index (χ2v) is 4.87. The van der Waals surface area contributed by atoms with Crippen LogP contribution in [0.15, 0.2) is 64.6 Å². The largest absolute Gasteiger partial charge is 0.410 e. The molecule has 0 atom stereocenters.